The number of benzene rings is 1. The molecule has 2 nitrogen and oxygen atoms in total. The summed E-state index contributed by atoms with van der Waals surface area (Å²) in [4.78, 5) is 10.5. The van der Waals surface area contributed by atoms with Gasteiger partial charge in [-0.2, -0.15) is 0 Å². The molecular formula is C14H17ClO2. The van der Waals surface area contributed by atoms with Gasteiger partial charge in [0.25, 0.3) is 0 Å². The Hall–Kier alpha value is -1.02. The van der Waals surface area contributed by atoms with Gasteiger partial charge in [-0.25, -0.2) is 0 Å². The Kier molecular flexibility index (Phi) is 4.06. The van der Waals surface area contributed by atoms with Crippen LogP contribution in [0.4, 0.5) is 0 Å². The maximum atomic E-state index is 10.5. The van der Waals surface area contributed by atoms with E-state index < -0.39 is 0 Å². The fraction of sp³-hybridized carbons (Fsp3) is 0.500. The molecule has 0 radical (unpaired) electrons. The van der Waals surface area contributed by atoms with Gasteiger partial charge >= 0.3 is 0 Å². The lowest BCUT2D eigenvalue weighted by Gasteiger charge is -2.13. The molecule has 0 bridgehead atoms. The zero-order chi connectivity index (χ0) is 12.3. The highest BCUT2D eigenvalue weighted by atomic mass is 35.5. The molecule has 0 heterocycles. The van der Waals surface area contributed by atoms with E-state index in [4.69, 9.17) is 16.3 Å². The molecule has 2 rings (SSSR count). The van der Waals surface area contributed by atoms with E-state index >= 15 is 0 Å². The van der Waals surface area contributed by atoms with E-state index in [2.05, 4.69) is 6.07 Å². The van der Waals surface area contributed by atoms with Crippen LogP contribution in [0.25, 0.3) is 0 Å². The van der Waals surface area contributed by atoms with E-state index in [-0.39, 0.29) is 0 Å². The normalized spacial score (nSPS) is 14.7. The highest BCUT2D eigenvalue weighted by molar-refractivity contribution is 6.32. The van der Waals surface area contributed by atoms with Gasteiger partial charge in [-0.15, -0.1) is 0 Å². The molecule has 1 aromatic rings. The molecule has 0 spiro atoms. The van der Waals surface area contributed by atoms with Crippen LogP contribution in [-0.2, 0) is 11.2 Å². The summed E-state index contributed by atoms with van der Waals surface area (Å²) >= 11 is 6.20. The molecule has 1 aromatic carbocycles. The first-order valence-electron chi connectivity index (χ1n) is 6.06. The third kappa shape index (κ3) is 3.47. The van der Waals surface area contributed by atoms with Gasteiger partial charge in [0, 0.05) is 6.42 Å². The van der Waals surface area contributed by atoms with Crippen molar-refractivity contribution in [2.45, 2.75) is 32.6 Å². The Morgan fingerprint density at radius 1 is 1.47 bits per heavy atom. The van der Waals surface area contributed by atoms with Crippen LogP contribution >= 0.6 is 11.6 Å². The highest BCUT2D eigenvalue weighted by Gasteiger charge is 2.23. The molecule has 1 fully saturated rings. The molecule has 0 aromatic heterocycles. The Bertz CT molecular complexity index is 411. The molecule has 3 heteroatoms. The van der Waals surface area contributed by atoms with Gasteiger partial charge in [0.05, 0.1) is 11.6 Å². The number of aldehydes is 1. The molecule has 0 N–H and O–H groups in total. The SMILES string of the molecule is Cc1cc(Cl)c(OCC2CC2)c(CCC=O)c1. The van der Waals surface area contributed by atoms with Crippen LogP contribution < -0.4 is 4.74 Å². The Morgan fingerprint density at radius 2 is 2.24 bits per heavy atom. The fourth-order valence-corrected chi connectivity index (χ4v) is 2.20. The van der Waals surface area contributed by atoms with E-state index in [0.717, 1.165) is 29.8 Å². The third-order valence-electron chi connectivity index (χ3n) is 2.96. The minimum absolute atomic E-state index is 0.513. The minimum Gasteiger partial charge on any atom is -0.491 e. The minimum atomic E-state index is 0.513. The van der Waals surface area contributed by atoms with E-state index in [1.807, 2.05) is 13.0 Å². The average molecular weight is 253 g/mol. The lowest BCUT2D eigenvalue weighted by atomic mass is 10.1. The van der Waals surface area contributed by atoms with E-state index in [1.165, 1.54) is 12.8 Å². The second kappa shape index (κ2) is 5.54. The van der Waals surface area contributed by atoms with Crippen LogP contribution in [0.1, 0.15) is 30.4 Å². The highest BCUT2D eigenvalue weighted by Crippen LogP contribution is 2.34. The van der Waals surface area contributed by atoms with Crippen molar-refractivity contribution in [3.8, 4) is 5.75 Å². The number of halogens is 1. The molecule has 1 aliphatic carbocycles. The Labute approximate surface area is 107 Å². The van der Waals surface area contributed by atoms with Gasteiger partial charge < -0.3 is 9.53 Å². The van der Waals surface area contributed by atoms with Crippen molar-refractivity contribution in [3.05, 3.63) is 28.3 Å². The fourth-order valence-electron chi connectivity index (χ4n) is 1.85. The van der Waals surface area contributed by atoms with Crippen molar-refractivity contribution in [3.63, 3.8) is 0 Å². The van der Waals surface area contributed by atoms with Crippen molar-refractivity contribution in [1.82, 2.24) is 0 Å². The zero-order valence-corrected chi connectivity index (χ0v) is 10.8. The number of hydrogen-bond donors (Lipinski definition) is 0. The molecule has 0 aliphatic heterocycles. The predicted octanol–water partition coefficient (Wildman–Crippen LogP) is 3.57. The molecular weight excluding hydrogens is 236 g/mol. The van der Waals surface area contributed by atoms with Crippen LogP contribution in [0.5, 0.6) is 5.75 Å². The molecule has 0 unspecified atom stereocenters. The maximum absolute atomic E-state index is 10.5. The van der Waals surface area contributed by atoms with E-state index in [9.17, 15) is 4.79 Å². The van der Waals surface area contributed by atoms with Crippen molar-refractivity contribution >= 4 is 17.9 Å². The second-order valence-electron chi connectivity index (χ2n) is 4.69. The number of carbonyl (C=O) groups is 1. The molecule has 0 atom stereocenters. The number of hydrogen-bond acceptors (Lipinski definition) is 2. The van der Waals surface area contributed by atoms with E-state index in [1.54, 1.807) is 0 Å². The Morgan fingerprint density at radius 3 is 2.88 bits per heavy atom. The zero-order valence-electron chi connectivity index (χ0n) is 10.0. The van der Waals surface area contributed by atoms with Crippen LogP contribution in [0, 0.1) is 12.8 Å². The number of rotatable bonds is 6. The second-order valence-corrected chi connectivity index (χ2v) is 5.10. The van der Waals surface area contributed by atoms with Gasteiger partial charge in [-0.1, -0.05) is 17.7 Å². The number of ether oxygens (including phenoxy) is 1. The quantitative estimate of drug-likeness (QED) is 0.724. The van der Waals surface area contributed by atoms with Crippen LogP contribution in [-0.4, -0.2) is 12.9 Å². The Balaban J connectivity index is 2.15. The van der Waals surface area contributed by atoms with Gasteiger partial charge in [0.2, 0.25) is 0 Å². The summed E-state index contributed by atoms with van der Waals surface area (Å²) in [5.74, 6) is 1.47. The van der Waals surface area contributed by atoms with Crippen LogP contribution in [0.3, 0.4) is 0 Å². The van der Waals surface area contributed by atoms with Gasteiger partial charge in [-0.3, -0.25) is 0 Å². The summed E-state index contributed by atoms with van der Waals surface area (Å²) in [7, 11) is 0. The van der Waals surface area contributed by atoms with Crippen molar-refractivity contribution in [2.75, 3.05) is 6.61 Å². The lowest BCUT2D eigenvalue weighted by molar-refractivity contribution is -0.107. The monoisotopic (exact) mass is 252 g/mol. The summed E-state index contributed by atoms with van der Waals surface area (Å²) in [5, 5.41) is 0.659. The first-order chi connectivity index (χ1) is 8.20. The average Bonchev–Trinajstić information content (AvgIpc) is 3.08. The molecule has 1 saturated carbocycles. The van der Waals surface area contributed by atoms with Gasteiger partial charge in [0.15, 0.2) is 0 Å². The maximum Gasteiger partial charge on any atom is 0.141 e. The van der Waals surface area contributed by atoms with Gasteiger partial charge in [-0.05, 0) is 49.3 Å². The number of aryl methyl sites for hydroxylation is 2. The molecule has 17 heavy (non-hydrogen) atoms. The lowest BCUT2D eigenvalue weighted by Crippen LogP contribution is -2.03. The smallest absolute Gasteiger partial charge is 0.141 e. The van der Waals surface area contributed by atoms with Crippen molar-refractivity contribution < 1.29 is 9.53 Å². The first kappa shape index (κ1) is 12.4. The molecule has 0 saturated heterocycles. The van der Waals surface area contributed by atoms with E-state index in [0.29, 0.717) is 23.8 Å². The summed E-state index contributed by atoms with van der Waals surface area (Å²) in [6, 6.07) is 3.96. The summed E-state index contributed by atoms with van der Waals surface area (Å²) in [5.41, 5.74) is 2.15. The largest absolute Gasteiger partial charge is 0.491 e. The van der Waals surface area contributed by atoms with Crippen LogP contribution in [0.2, 0.25) is 5.02 Å². The third-order valence-corrected chi connectivity index (χ3v) is 3.24. The molecule has 0 amide bonds. The number of carbonyl (C=O) groups excluding carboxylic acids is 1. The first-order valence-corrected chi connectivity index (χ1v) is 6.44. The molecule has 92 valence electrons. The van der Waals surface area contributed by atoms with Crippen LogP contribution in [0.15, 0.2) is 12.1 Å². The molecule has 1 aliphatic rings. The predicted molar refractivity (Wildman–Crippen MR) is 68.8 cm³/mol. The van der Waals surface area contributed by atoms with Gasteiger partial charge in [0.1, 0.15) is 12.0 Å². The van der Waals surface area contributed by atoms with Crippen molar-refractivity contribution in [2.24, 2.45) is 5.92 Å². The summed E-state index contributed by atoms with van der Waals surface area (Å²) in [6.07, 6.45) is 4.66. The summed E-state index contributed by atoms with van der Waals surface area (Å²) < 4.78 is 5.80. The summed E-state index contributed by atoms with van der Waals surface area (Å²) in [6.45, 7) is 2.75. The standard InChI is InChI=1S/C14H17ClO2/c1-10-7-12(3-2-6-16)14(13(15)8-10)17-9-11-4-5-11/h6-8,11H,2-5,9H2,1H3. The topological polar surface area (TPSA) is 26.3 Å². The van der Waals surface area contributed by atoms with Crippen molar-refractivity contribution in [1.29, 1.82) is 0 Å².